The number of nitrogens with zero attached hydrogens (tertiary/aromatic N) is 2. The van der Waals surface area contributed by atoms with Crippen LogP contribution in [-0.4, -0.2) is 38.8 Å². The molecule has 0 spiro atoms. The third-order valence-electron chi connectivity index (χ3n) is 5.82. The third-order valence-corrected chi connectivity index (χ3v) is 5.82. The zero-order valence-electron chi connectivity index (χ0n) is 16.2. The van der Waals surface area contributed by atoms with Gasteiger partial charge in [0.2, 0.25) is 0 Å². The fraction of sp³-hybridized carbons (Fsp3) is 0.304. The van der Waals surface area contributed by atoms with Crippen LogP contribution in [0.5, 0.6) is 0 Å². The van der Waals surface area contributed by atoms with E-state index in [2.05, 4.69) is 35.9 Å². The van der Waals surface area contributed by atoms with Gasteiger partial charge in [-0.25, -0.2) is 4.98 Å². The van der Waals surface area contributed by atoms with Crippen LogP contribution >= 0.6 is 0 Å². The van der Waals surface area contributed by atoms with E-state index in [1.54, 1.807) is 0 Å². The Bertz CT molecular complexity index is 1150. The van der Waals surface area contributed by atoms with Crippen LogP contribution in [0.1, 0.15) is 46.2 Å². The lowest BCUT2D eigenvalue weighted by molar-refractivity contribution is 0.0700. The summed E-state index contributed by atoms with van der Waals surface area (Å²) >= 11 is 0. The van der Waals surface area contributed by atoms with Crippen LogP contribution in [0, 0.1) is 13.8 Å². The second-order valence-electron chi connectivity index (χ2n) is 7.96. The lowest BCUT2D eigenvalue weighted by Gasteiger charge is -2.31. The molecule has 142 valence electrons. The zero-order chi connectivity index (χ0) is 19.3. The van der Waals surface area contributed by atoms with Crippen LogP contribution in [0.4, 0.5) is 0 Å². The van der Waals surface area contributed by atoms with Gasteiger partial charge in [-0.05, 0) is 62.1 Å². The molecule has 2 N–H and O–H groups in total. The van der Waals surface area contributed by atoms with E-state index in [1.165, 1.54) is 11.1 Å². The van der Waals surface area contributed by atoms with Crippen molar-refractivity contribution in [3.8, 4) is 0 Å². The van der Waals surface area contributed by atoms with Crippen LogP contribution in [0.15, 0.2) is 42.5 Å². The third kappa shape index (κ3) is 2.87. The molecule has 1 atom stereocenters. The van der Waals surface area contributed by atoms with Crippen molar-refractivity contribution in [2.75, 3.05) is 13.1 Å². The van der Waals surface area contributed by atoms with Crippen LogP contribution in [0.25, 0.3) is 21.9 Å². The van der Waals surface area contributed by atoms with Gasteiger partial charge in [-0.1, -0.05) is 18.2 Å². The quantitative estimate of drug-likeness (QED) is 0.536. The maximum absolute atomic E-state index is 13.2. The molecule has 0 saturated carbocycles. The number of fused-ring (bicyclic) bond motifs is 2. The molecular weight excluding hydrogens is 348 g/mol. The molecule has 2 aromatic heterocycles. The van der Waals surface area contributed by atoms with Gasteiger partial charge < -0.3 is 14.9 Å². The van der Waals surface area contributed by atoms with Gasteiger partial charge in [-0.15, -0.1) is 0 Å². The number of piperidine rings is 1. The Kier molecular flexibility index (Phi) is 3.97. The summed E-state index contributed by atoms with van der Waals surface area (Å²) in [6, 6.07) is 14.3. The largest absolute Gasteiger partial charge is 0.351 e. The van der Waals surface area contributed by atoms with Crippen molar-refractivity contribution < 1.29 is 4.79 Å². The fourth-order valence-electron chi connectivity index (χ4n) is 4.44. The van der Waals surface area contributed by atoms with Crippen molar-refractivity contribution in [1.29, 1.82) is 0 Å². The predicted octanol–water partition coefficient (Wildman–Crippen LogP) is 4.68. The number of imidazole rings is 1. The summed E-state index contributed by atoms with van der Waals surface area (Å²) in [5.41, 5.74) is 6.16. The first kappa shape index (κ1) is 17.0. The van der Waals surface area contributed by atoms with E-state index in [0.717, 1.165) is 47.1 Å². The number of carbonyl (C=O) groups is 1. The van der Waals surface area contributed by atoms with Gasteiger partial charge in [0, 0.05) is 29.9 Å². The maximum Gasteiger partial charge on any atom is 0.270 e. The second kappa shape index (κ2) is 6.51. The first-order valence-electron chi connectivity index (χ1n) is 9.92. The highest BCUT2D eigenvalue weighted by Crippen LogP contribution is 2.28. The first-order valence-corrected chi connectivity index (χ1v) is 9.92. The van der Waals surface area contributed by atoms with E-state index < -0.39 is 0 Å². The highest BCUT2D eigenvalue weighted by atomic mass is 16.2. The van der Waals surface area contributed by atoms with E-state index in [0.29, 0.717) is 12.2 Å². The Labute approximate surface area is 163 Å². The van der Waals surface area contributed by atoms with Gasteiger partial charge in [0.05, 0.1) is 11.0 Å². The molecule has 1 fully saturated rings. The van der Waals surface area contributed by atoms with Crippen LogP contribution < -0.4 is 0 Å². The molecule has 1 amide bonds. The van der Waals surface area contributed by atoms with Crippen molar-refractivity contribution in [2.24, 2.45) is 0 Å². The minimum Gasteiger partial charge on any atom is -0.351 e. The molecule has 1 aliphatic heterocycles. The normalized spacial score (nSPS) is 17.5. The SMILES string of the molecule is Cc1cc(C)c2cc(C(=O)N3CCCC(c4nc5ccccc5[nH]4)C3)[nH]c2c1. The second-order valence-corrected chi connectivity index (χ2v) is 7.96. The summed E-state index contributed by atoms with van der Waals surface area (Å²) in [4.78, 5) is 26.7. The van der Waals surface area contributed by atoms with Gasteiger partial charge in [0.1, 0.15) is 11.5 Å². The summed E-state index contributed by atoms with van der Waals surface area (Å²) in [5, 5.41) is 1.12. The summed E-state index contributed by atoms with van der Waals surface area (Å²) < 4.78 is 0. The average Bonchev–Trinajstić information content (AvgIpc) is 3.31. The molecule has 5 heteroatoms. The number of aryl methyl sites for hydroxylation is 2. The minimum atomic E-state index is 0.0778. The Balaban J connectivity index is 1.41. The monoisotopic (exact) mass is 372 g/mol. The minimum absolute atomic E-state index is 0.0778. The molecule has 0 radical (unpaired) electrons. The van der Waals surface area contributed by atoms with Crippen molar-refractivity contribution in [3.63, 3.8) is 0 Å². The van der Waals surface area contributed by atoms with E-state index in [9.17, 15) is 4.79 Å². The van der Waals surface area contributed by atoms with E-state index >= 15 is 0 Å². The number of hydrogen-bond acceptors (Lipinski definition) is 2. The first-order chi connectivity index (χ1) is 13.6. The van der Waals surface area contributed by atoms with Crippen molar-refractivity contribution in [1.82, 2.24) is 19.9 Å². The number of rotatable bonds is 2. The Morgan fingerprint density at radius 2 is 1.96 bits per heavy atom. The van der Waals surface area contributed by atoms with Crippen LogP contribution in [-0.2, 0) is 0 Å². The lowest BCUT2D eigenvalue weighted by atomic mass is 9.97. The van der Waals surface area contributed by atoms with Gasteiger partial charge in [0.15, 0.2) is 0 Å². The number of carbonyl (C=O) groups excluding carboxylic acids is 1. The van der Waals surface area contributed by atoms with Crippen LogP contribution in [0.3, 0.4) is 0 Å². The summed E-state index contributed by atoms with van der Waals surface area (Å²) in [6.07, 6.45) is 2.04. The Hall–Kier alpha value is -3.08. The molecule has 0 aliphatic carbocycles. The van der Waals surface area contributed by atoms with Crippen molar-refractivity contribution in [2.45, 2.75) is 32.6 Å². The average molecular weight is 372 g/mol. The van der Waals surface area contributed by atoms with Crippen molar-refractivity contribution >= 4 is 27.8 Å². The molecule has 1 saturated heterocycles. The van der Waals surface area contributed by atoms with Crippen LogP contribution in [0.2, 0.25) is 0 Å². The molecule has 1 unspecified atom stereocenters. The molecule has 2 aromatic carbocycles. The molecule has 3 heterocycles. The smallest absolute Gasteiger partial charge is 0.270 e. The number of para-hydroxylation sites is 2. The molecule has 1 aliphatic rings. The fourth-order valence-corrected chi connectivity index (χ4v) is 4.44. The Morgan fingerprint density at radius 3 is 2.82 bits per heavy atom. The standard InChI is InChI=1S/C23H24N4O/c1-14-10-15(2)17-12-21(24-20(17)11-14)23(28)27-9-5-6-16(13-27)22-25-18-7-3-4-8-19(18)26-22/h3-4,7-8,10-12,16,24H,5-6,9,13H2,1-2H3,(H,25,26). The summed E-state index contributed by atoms with van der Waals surface area (Å²) in [7, 11) is 0. The number of amides is 1. The number of aromatic nitrogens is 3. The highest BCUT2D eigenvalue weighted by molar-refractivity contribution is 5.99. The molecule has 5 rings (SSSR count). The van der Waals surface area contributed by atoms with Gasteiger partial charge in [0.25, 0.3) is 5.91 Å². The van der Waals surface area contributed by atoms with Gasteiger partial charge in [-0.3, -0.25) is 4.79 Å². The molecule has 5 nitrogen and oxygen atoms in total. The number of aromatic amines is 2. The molecule has 4 aromatic rings. The predicted molar refractivity (Wildman–Crippen MR) is 112 cm³/mol. The highest BCUT2D eigenvalue weighted by Gasteiger charge is 2.28. The number of H-pyrrole nitrogens is 2. The van der Waals surface area contributed by atoms with E-state index in [1.807, 2.05) is 35.2 Å². The van der Waals surface area contributed by atoms with E-state index in [-0.39, 0.29) is 11.8 Å². The Morgan fingerprint density at radius 1 is 1.11 bits per heavy atom. The van der Waals surface area contributed by atoms with E-state index in [4.69, 9.17) is 4.98 Å². The number of benzene rings is 2. The molecular formula is C23H24N4O. The van der Waals surface area contributed by atoms with Gasteiger partial charge >= 0.3 is 0 Å². The van der Waals surface area contributed by atoms with Gasteiger partial charge in [-0.2, -0.15) is 0 Å². The lowest BCUT2D eigenvalue weighted by Crippen LogP contribution is -2.39. The number of hydrogen-bond donors (Lipinski definition) is 2. The number of nitrogens with one attached hydrogen (secondary N) is 2. The van der Waals surface area contributed by atoms with Crippen molar-refractivity contribution in [3.05, 3.63) is 65.1 Å². The zero-order valence-corrected chi connectivity index (χ0v) is 16.2. The molecule has 28 heavy (non-hydrogen) atoms. The summed E-state index contributed by atoms with van der Waals surface area (Å²) in [6.45, 7) is 5.67. The summed E-state index contributed by atoms with van der Waals surface area (Å²) in [5.74, 6) is 1.31. The topological polar surface area (TPSA) is 64.8 Å². The maximum atomic E-state index is 13.2. The number of likely N-dealkylation sites (tertiary alicyclic amines) is 1. The molecule has 0 bridgehead atoms.